The summed E-state index contributed by atoms with van der Waals surface area (Å²) in [5.74, 6) is 0. The molecule has 4 heteroatoms. The molecule has 0 bridgehead atoms. The molecule has 0 aromatic rings. The highest BCUT2D eigenvalue weighted by molar-refractivity contribution is 5.67. The van der Waals surface area contributed by atoms with E-state index in [0.717, 1.165) is 19.3 Å². The van der Waals surface area contributed by atoms with Crippen molar-refractivity contribution in [2.24, 2.45) is 0 Å². The van der Waals surface area contributed by atoms with Crippen LogP contribution in [0, 0.1) is 0 Å². The van der Waals surface area contributed by atoms with E-state index in [2.05, 4.69) is 5.32 Å². The Morgan fingerprint density at radius 3 is 2.79 bits per heavy atom. The molecule has 1 rings (SSSR count). The molecular weight excluding hydrogens is 182 g/mol. The Bertz CT molecular complexity index is 178. The number of amides is 1. The van der Waals surface area contributed by atoms with Crippen LogP contribution in [0.4, 0.5) is 4.79 Å². The molecule has 0 aliphatic carbocycles. The second kappa shape index (κ2) is 5.86. The molecule has 1 N–H and O–H groups in total. The first-order chi connectivity index (χ1) is 6.72. The van der Waals surface area contributed by atoms with E-state index in [0.29, 0.717) is 13.2 Å². The van der Waals surface area contributed by atoms with E-state index in [1.807, 2.05) is 13.8 Å². The van der Waals surface area contributed by atoms with Crippen molar-refractivity contribution in [2.75, 3.05) is 13.2 Å². The van der Waals surface area contributed by atoms with Crippen molar-refractivity contribution in [2.45, 2.75) is 45.3 Å². The predicted octanol–water partition coefficient (Wildman–Crippen LogP) is 1.69. The molecule has 0 aromatic carbocycles. The molecule has 0 aromatic heterocycles. The Balaban J connectivity index is 2.18. The summed E-state index contributed by atoms with van der Waals surface area (Å²) in [5.41, 5.74) is 0. The zero-order valence-corrected chi connectivity index (χ0v) is 8.91. The molecule has 14 heavy (non-hydrogen) atoms. The molecule has 82 valence electrons. The van der Waals surface area contributed by atoms with Crippen molar-refractivity contribution in [3.05, 3.63) is 0 Å². The van der Waals surface area contributed by atoms with Gasteiger partial charge < -0.3 is 14.8 Å². The minimum Gasteiger partial charge on any atom is -0.446 e. The summed E-state index contributed by atoms with van der Waals surface area (Å²) >= 11 is 0. The van der Waals surface area contributed by atoms with Gasteiger partial charge in [-0.05, 0) is 13.3 Å². The highest BCUT2D eigenvalue weighted by Gasteiger charge is 2.18. The third-order valence-electron chi connectivity index (χ3n) is 2.42. The fraction of sp³-hybridized carbons (Fsp3) is 0.900. The fourth-order valence-corrected chi connectivity index (χ4v) is 1.28. The van der Waals surface area contributed by atoms with E-state index in [9.17, 15) is 4.79 Å². The minimum absolute atomic E-state index is 0.0350. The molecular formula is C10H19NO3. The van der Waals surface area contributed by atoms with E-state index in [4.69, 9.17) is 9.47 Å². The Kier molecular flexibility index (Phi) is 4.73. The van der Waals surface area contributed by atoms with Gasteiger partial charge in [0.05, 0.1) is 13.2 Å². The summed E-state index contributed by atoms with van der Waals surface area (Å²) in [6.45, 7) is 5.38. The van der Waals surface area contributed by atoms with Gasteiger partial charge in [-0.2, -0.15) is 0 Å². The van der Waals surface area contributed by atoms with Crippen LogP contribution in [0.1, 0.15) is 33.1 Å². The highest BCUT2D eigenvalue weighted by Crippen LogP contribution is 2.10. The number of hydrogen-bond acceptors (Lipinski definition) is 3. The molecule has 1 unspecified atom stereocenters. The van der Waals surface area contributed by atoms with Gasteiger partial charge in [-0.15, -0.1) is 0 Å². The zero-order chi connectivity index (χ0) is 10.4. The van der Waals surface area contributed by atoms with Crippen molar-refractivity contribution >= 4 is 6.09 Å². The normalized spacial score (nSPS) is 20.1. The van der Waals surface area contributed by atoms with E-state index in [1.54, 1.807) is 0 Å². The predicted molar refractivity (Wildman–Crippen MR) is 53.2 cm³/mol. The maximum absolute atomic E-state index is 11.3. The summed E-state index contributed by atoms with van der Waals surface area (Å²) in [5, 5.41) is 2.77. The van der Waals surface area contributed by atoms with Gasteiger partial charge in [0.1, 0.15) is 6.10 Å². The number of ether oxygens (including phenoxy) is 2. The van der Waals surface area contributed by atoms with Crippen LogP contribution >= 0.6 is 0 Å². The maximum Gasteiger partial charge on any atom is 0.407 e. The molecule has 1 aliphatic rings. The Morgan fingerprint density at radius 2 is 2.21 bits per heavy atom. The molecule has 0 saturated carbocycles. The first-order valence-electron chi connectivity index (χ1n) is 5.27. The Hall–Kier alpha value is -0.770. The van der Waals surface area contributed by atoms with Crippen molar-refractivity contribution < 1.29 is 14.3 Å². The topological polar surface area (TPSA) is 47.6 Å². The fourth-order valence-electron chi connectivity index (χ4n) is 1.28. The largest absolute Gasteiger partial charge is 0.446 e. The van der Waals surface area contributed by atoms with Crippen LogP contribution in [0.3, 0.4) is 0 Å². The van der Waals surface area contributed by atoms with Crippen molar-refractivity contribution in [1.29, 1.82) is 0 Å². The number of rotatable bonds is 3. The molecule has 1 amide bonds. The monoisotopic (exact) mass is 201 g/mol. The first-order valence-corrected chi connectivity index (χ1v) is 5.27. The van der Waals surface area contributed by atoms with Crippen LogP contribution in [0.5, 0.6) is 0 Å². The molecule has 1 atom stereocenters. The Labute approximate surface area is 85.0 Å². The minimum atomic E-state index is -0.300. The zero-order valence-electron chi connectivity index (χ0n) is 8.91. The lowest BCUT2D eigenvalue weighted by Crippen LogP contribution is -2.36. The second-order valence-corrected chi connectivity index (χ2v) is 3.67. The lowest BCUT2D eigenvalue weighted by molar-refractivity contribution is 0.000939. The first kappa shape index (κ1) is 11.3. The summed E-state index contributed by atoms with van der Waals surface area (Å²) < 4.78 is 10.4. The van der Waals surface area contributed by atoms with E-state index in [-0.39, 0.29) is 18.2 Å². The summed E-state index contributed by atoms with van der Waals surface area (Å²) in [7, 11) is 0. The lowest BCUT2D eigenvalue weighted by atomic mass is 10.2. The van der Waals surface area contributed by atoms with Crippen LogP contribution in [0.2, 0.25) is 0 Å². The summed E-state index contributed by atoms with van der Waals surface area (Å²) in [4.78, 5) is 11.3. The summed E-state index contributed by atoms with van der Waals surface area (Å²) in [6.07, 6.45) is 2.28. The van der Waals surface area contributed by atoms with Gasteiger partial charge in [-0.25, -0.2) is 4.79 Å². The third-order valence-corrected chi connectivity index (χ3v) is 2.42. The third kappa shape index (κ3) is 3.96. The molecule has 0 radical (unpaired) electrons. The van der Waals surface area contributed by atoms with Gasteiger partial charge in [-0.3, -0.25) is 0 Å². The lowest BCUT2D eigenvalue weighted by Gasteiger charge is -2.23. The van der Waals surface area contributed by atoms with Crippen LogP contribution < -0.4 is 5.32 Å². The van der Waals surface area contributed by atoms with Crippen LogP contribution in [-0.2, 0) is 9.47 Å². The van der Waals surface area contributed by atoms with Crippen molar-refractivity contribution in [3.63, 3.8) is 0 Å². The highest BCUT2D eigenvalue weighted by atomic mass is 16.6. The quantitative estimate of drug-likeness (QED) is 0.755. The molecule has 1 aliphatic heterocycles. The van der Waals surface area contributed by atoms with Gasteiger partial charge in [0.2, 0.25) is 0 Å². The average Bonchev–Trinajstić information content (AvgIpc) is 2.19. The number of alkyl carbamates (subject to hydrolysis) is 1. The smallest absolute Gasteiger partial charge is 0.407 e. The van der Waals surface area contributed by atoms with Gasteiger partial charge in [0.25, 0.3) is 0 Å². The van der Waals surface area contributed by atoms with Crippen molar-refractivity contribution in [1.82, 2.24) is 5.32 Å². The molecule has 4 nitrogen and oxygen atoms in total. The van der Waals surface area contributed by atoms with E-state index in [1.165, 1.54) is 0 Å². The average molecular weight is 201 g/mol. The Morgan fingerprint density at radius 1 is 1.57 bits per heavy atom. The second-order valence-electron chi connectivity index (χ2n) is 3.67. The number of carbonyl (C=O) groups excluding carboxylic acids is 1. The standard InChI is InChI=1S/C10H19NO3/c1-3-8(2)11-10(12)14-9-4-6-13-7-5-9/h8-9H,3-7H2,1-2H3,(H,11,12). The summed E-state index contributed by atoms with van der Waals surface area (Å²) in [6, 6.07) is 0.183. The molecule has 0 spiro atoms. The van der Waals surface area contributed by atoms with Crippen molar-refractivity contribution in [3.8, 4) is 0 Å². The molecule has 1 fully saturated rings. The SMILES string of the molecule is CCC(C)NC(=O)OC1CCOCC1. The van der Waals surface area contributed by atoms with Gasteiger partial charge in [0.15, 0.2) is 0 Å². The van der Waals surface area contributed by atoms with Gasteiger partial charge >= 0.3 is 6.09 Å². The van der Waals surface area contributed by atoms with E-state index >= 15 is 0 Å². The number of carbonyl (C=O) groups is 1. The van der Waals surface area contributed by atoms with Crippen LogP contribution in [0.15, 0.2) is 0 Å². The van der Waals surface area contributed by atoms with Crippen LogP contribution in [0.25, 0.3) is 0 Å². The van der Waals surface area contributed by atoms with E-state index < -0.39 is 0 Å². The van der Waals surface area contributed by atoms with Gasteiger partial charge in [0, 0.05) is 18.9 Å². The van der Waals surface area contributed by atoms with Crippen LogP contribution in [-0.4, -0.2) is 31.5 Å². The molecule has 1 heterocycles. The van der Waals surface area contributed by atoms with Gasteiger partial charge in [-0.1, -0.05) is 6.92 Å². The maximum atomic E-state index is 11.3. The molecule has 1 saturated heterocycles. The number of nitrogens with one attached hydrogen (secondary N) is 1. The number of hydrogen-bond donors (Lipinski definition) is 1.